The Bertz CT molecular complexity index is 140. The van der Waals surface area contributed by atoms with Crippen LogP contribution in [0.5, 0.6) is 0 Å². The van der Waals surface area contributed by atoms with Crippen molar-refractivity contribution in [2.24, 2.45) is 5.92 Å². The summed E-state index contributed by atoms with van der Waals surface area (Å²) in [7, 11) is 0. The molecule has 1 N–H and O–H groups in total. The number of carbonyl (C=O) groups excluding carboxylic acids is 1. The van der Waals surface area contributed by atoms with E-state index in [1.165, 1.54) is 19.3 Å². The van der Waals surface area contributed by atoms with Gasteiger partial charge in [-0.2, -0.15) is 0 Å². The fraction of sp³-hybridized carbons (Fsp3) is 0.889. The molecule has 0 saturated heterocycles. The SMILES string of the molecule is CCC(C)C(=O)NC1CCC1. The topological polar surface area (TPSA) is 29.1 Å². The van der Waals surface area contributed by atoms with Crippen molar-refractivity contribution in [3.05, 3.63) is 0 Å². The Balaban J connectivity index is 2.19. The molecule has 11 heavy (non-hydrogen) atoms. The van der Waals surface area contributed by atoms with Crippen LogP contribution in [0.25, 0.3) is 0 Å². The average Bonchev–Trinajstić information content (AvgIpc) is 1.94. The van der Waals surface area contributed by atoms with E-state index in [4.69, 9.17) is 0 Å². The van der Waals surface area contributed by atoms with Crippen molar-refractivity contribution in [1.82, 2.24) is 5.32 Å². The maximum atomic E-state index is 11.3. The van der Waals surface area contributed by atoms with Crippen molar-refractivity contribution in [3.8, 4) is 0 Å². The first-order valence-electron chi connectivity index (χ1n) is 4.54. The Hall–Kier alpha value is -0.530. The fourth-order valence-corrected chi connectivity index (χ4v) is 1.08. The lowest BCUT2D eigenvalue weighted by Crippen LogP contribution is -2.41. The van der Waals surface area contributed by atoms with Crippen LogP contribution in [0, 0.1) is 5.92 Å². The molecule has 0 aliphatic heterocycles. The summed E-state index contributed by atoms with van der Waals surface area (Å²) < 4.78 is 0. The van der Waals surface area contributed by atoms with Crippen LogP contribution in [0.15, 0.2) is 0 Å². The van der Waals surface area contributed by atoms with Gasteiger partial charge in [0.15, 0.2) is 0 Å². The van der Waals surface area contributed by atoms with Crippen molar-refractivity contribution < 1.29 is 4.79 Å². The van der Waals surface area contributed by atoms with Crippen LogP contribution in [0.3, 0.4) is 0 Å². The summed E-state index contributed by atoms with van der Waals surface area (Å²) in [5.74, 6) is 0.424. The molecule has 2 nitrogen and oxygen atoms in total. The average molecular weight is 155 g/mol. The van der Waals surface area contributed by atoms with Crippen LogP contribution in [0.2, 0.25) is 0 Å². The molecule has 2 heteroatoms. The molecular formula is C9H17NO. The summed E-state index contributed by atoms with van der Waals surface area (Å²) in [6.07, 6.45) is 4.59. The number of amides is 1. The van der Waals surface area contributed by atoms with Crippen LogP contribution in [0.1, 0.15) is 39.5 Å². The first kappa shape index (κ1) is 8.57. The van der Waals surface area contributed by atoms with Crippen LogP contribution in [0.4, 0.5) is 0 Å². The highest BCUT2D eigenvalue weighted by Gasteiger charge is 2.21. The third kappa shape index (κ3) is 2.21. The summed E-state index contributed by atoms with van der Waals surface area (Å²) in [6.45, 7) is 4.03. The molecule has 0 aromatic carbocycles. The van der Waals surface area contributed by atoms with E-state index in [2.05, 4.69) is 5.32 Å². The van der Waals surface area contributed by atoms with Crippen LogP contribution in [-0.2, 0) is 4.79 Å². The summed E-state index contributed by atoms with van der Waals surface area (Å²) in [5, 5.41) is 3.03. The van der Waals surface area contributed by atoms with Crippen molar-refractivity contribution in [1.29, 1.82) is 0 Å². The molecule has 0 bridgehead atoms. The number of nitrogens with one attached hydrogen (secondary N) is 1. The zero-order valence-electron chi connectivity index (χ0n) is 7.39. The maximum absolute atomic E-state index is 11.3. The lowest BCUT2D eigenvalue weighted by atomic mass is 9.92. The van der Waals surface area contributed by atoms with E-state index >= 15 is 0 Å². The van der Waals surface area contributed by atoms with Crippen LogP contribution >= 0.6 is 0 Å². The normalized spacial score (nSPS) is 20.5. The molecule has 1 fully saturated rings. The van der Waals surface area contributed by atoms with E-state index in [0.29, 0.717) is 6.04 Å². The van der Waals surface area contributed by atoms with Gasteiger partial charge in [-0.15, -0.1) is 0 Å². The van der Waals surface area contributed by atoms with E-state index in [0.717, 1.165) is 6.42 Å². The smallest absolute Gasteiger partial charge is 0.223 e. The molecule has 1 aliphatic rings. The minimum Gasteiger partial charge on any atom is -0.353 e. The molecular weight excluding hydrogens is 138 g/mol. The molecule has 0 spiro atoms. The predicted octanol–water partition coefficient (Wildman–Crippen LogP) is 1.70. The Morgan fingerprint density at radius 1 is 1.64 bits per heavy atom. The fourth-order valence-electron chi connectivity index (χ4n) is 1.08. The van der Waals surface area contributed by atoms with Gasteiger partial charge < -0.3 is 5.32 Å². The van der Waals surface area contributed by atoms with Crippen LogP contribution < -0.4 is 5.32 Å². The third-order valence-electron chi connectivity index (χ3n) is 2.51. The number of carbonyl (C=O) groups is 1. The molecule has 1 saturated carbocycles. The summed E-state index contributed by atoms with van der Waals surface area (Å²) >= 11 is 0. The van der Waals surface area contributed by atoms with Crippen LogP contribution in [-0.4, -0.2) is 11.9 Å². The predicted molar refractivity (Wildman–Crippen MR) is 45.2 cm³/mol. The second-order valence-corrected chi connectivity index (χ2v) is 3.45. The molecule has 0 heterocycles. The van der Waals surface area contributed by atoms with Gasteiger partial charge in [-0.3, -0.25) is 4.79 Å². The number of hydrogen-bond donors (Lipinski definition) is 1. The lowest BCUT2D eigenvalue weighted by Gasteiger charge is -2.27. The Morgan fingerprint density at radius 3 is 2.64 bits per heavy atom. The Morgan fingerprint density at radius 2 is 2.27 bits per heavy atom. The van der Waals surface area contributed by atoms with E-state index in [1.54, 1.807) is 0 Å². The van der Waals surface area contributed by atoms with Crippen molar-refractivity contribution >= 4 is 5.91 Å². The quantitative estimate of drug-likeness (QED) is 0.660. The summed E-state index contributed by atoms with van der Waals surface area (Å²) in [5.41, 5.74) is 0. The van der Waals surface area contributed by atoms with E-state index in [9.17, 15) is 4.79 Å². The Kier molecular flexibility index (Phi) is 2.92. The maximum Gasteiger partial charge on any atom is 0.223 e. The molecule has 0 radical (unpaired) electrons. The Labute approximate surface area is 68.4 Å². The zero-order chi connectivity index (χ0) is 8.27. The van der Waals surface area contributed by atoms with E-state index < -0.39 is 0 Å². The highest BCUT2D eigenvalue weighted by atomic mass is 16.1. The van der Waals surface area contributed by atoms with Crippen molar-refractivity contribution in [2.45, 2.75) is 45.6 Å². The summed E-state index contributed by atoms with van der Waals surface area (Å²) in [6, 6.07) is 0.497. The monoisotopic (exact) mass is 155 g/mol. The van der Waals surface area contributed by atoms with Gasteiger partial charge in [-0.1, -0.05) is 13.8 Å². The molecule has 1 aliphatic carbocycles. The minimum absolute atomic E-state index is 0.190. The third-order valence-corrected chi connectivity index (χ3v) is 2.51. The van der Waals surface area contributed by atoms with Crippen molar-refractivity contribution in [2.75, 3.05) is 0 Å². The highest BCUT2D eigenvalue weighted by Crippen LogP contribution is 2.18. The highest BCUT2D eigenvalue weighted by molar-refractivity contribution is 5.78. The zero-order valence-corrected chi connectivity index (χ0v) is 7.39. The molecule has 1 rings (SSSR count). The number of rotatable bonds is 3. The lowest BCUT2D eigenvalue weighted by molar-refractivity contribution is -0.125. The van der Waals surface area contributed by atoms with Gasteiger partial charge in [0, 0.05) is 12.0 Å². The van der Waals surface area contributed by atoms with E-state index in [-0.39, 0.29) is 11.8 Å². The second kappa shape index (κ2) is 3.74. The largest absolute Gasteiger partial charge is 0.353 e. The van der Waals surface area contributed by atoms with Gasteiger partial charge in [0.25, 0.3) is 0 Å². The van der Waals surface area contributed by atoms with Gasteiger partial charge >= 0.3 is 0 Å². The standard InChI is InChI=1S/C9H17NO/c1-3-7(2)9(11)10-8-5-4-6-8/h7-8H,3-6H2,1-2H3,(H,10,11). The molecule has 1 amide bonds. The van der Waals surface area contributed by atoms with Gasteiger partial charge in [0.2, 0.25) is 5.91 Å². The molecule has 64 valence electrons. The van der Waals surface area contributed by atoms with Gasteiger partial charge in [-0.25, -0.2) is 0 Å². The number of hydrogen-bond acceptors (Lipinski definition) is 1. The van der Waals surface area contributed by atoms with Gasteiger partial charge in [-0.05, 0) is 25.7 Å². The van der Waals surface area contributed by atoms with E-state index in [1.807, 2.05) is 13.8 Å². The van der Waals surface area contributed by atoms with Gasteiger partial charge in [0.1, 0.15) is 0 Å². The molecule has 0 aromatic rings. The van der Waals surface area contributed by atoms with Gasteiger partial charge in [0.05, 0.1) is 0 Å². The molecule has 1 unspecified atom stereocenters. The first-order valence-corrected chi connectivity index (χ1v) is 4.54. The molecule has 0 aromatic heterocycles. The van der Waals surface area contributed by atoms with Crippen molar-refractivity contribution in [3.63, 3.8) is 0 Å². The molecule has 1 atom stereocenters. The first-order chi connectivity index (χ1) is 5.24. The second-order valence-electron chi connectivity index (χ2n) is 3.45. The summed E-state index contributed by atoms with van der Waals surface area (Å²) in [4.78, 5) is 11.3. The minimum atomic E-state index is 0.190.